The Hall–Kier alpha value is -1.36. The molecule has 2 heterocycles. The molecule has 1 aromatic rings. The Bertz CT molecular complexity index is 381. The molecule has 0 bridgehead atoms. The molecule has 2 N–H and O–H groups in total. The van der Waals surface area contributed by atoms with E-state index >= 15 is 0 Å². The third kappa shape index (κ3) is 2.61. The van der Waals surface area contributed by atoms with Crippen molar-refractivity contribution >= 4 is 5.91 Å². The summed E-state index contributed by atoms with van der Waals surface area (Å²) in [6.45, 7) is 7.01. The number of aryl methyl sites for hydroxylation is 2. The molecule has 2 rings (SSSR count). The summed E-state index contributed by atoms with van der Waals surface area (Å²) in [4.78, 5) is 11.6. The molecule has 1 fully saturated rings. The quantitative estimate of drug-likeness (QED) is 0.744. The number of rotatable bonds is 4. The molecule has 1 saturated heterocycles. The van der Waals surface area contributed by atoms with Crippen molar-refractivity contribution in [3.63, 3.8) is 0 Å². The van der Waals surface area contributed by atoms with Gasteiger partial charge in [0.2, 0.25) is 5.91 Å². The molecule has 1 aromatic heterocycles. The van der Waals surface area contributed by atoms with Gasteiger partial charge < -0.3 is 10.6 Å². The molecule has 1 amide bonds. The van der Waals surface area contributed by atoms with Crippen molar-refractivity contribution in [1.29, 1.82) is 0 Å². The Balaban J connectivity index is 1.79. The van der Waals surface area contributed by atoms with Gasteiger partial charge in [0.1, 0.15) is 6.54 Å². The van der Waals surface area contributed by atoms with E-state index in [-0.39, 0.29) is 5.91 Å². The Morgan fingerprint density at radius 3 is 2.88 bits per heavy atom. The number of carbonyl (C=O) groups excluding carboxylic acids is 1. The van der Waals surface area contributed by atoms with Gasteiger partial charge in [-0.15, -0.1) is 0 Å². The van der Waals surface area contributed by atoms with Crippen LogP contribution in [-0.4, -0.2) is 35.3 Å². The summed E-state index contributed by atoms with van der Waals surface area (Å²) in [7, 11) is 0. The summed E-state index contributed by atoms with van der Waals surface area (Å²) in [5, 5.41) is 10.4. The number of nitrogens with zero attached hydrogens (tertiary/aromatic N) is 2. The molecule has 0 aromatic carbocycles. The zero-order valence-corrected chi connectivity index (χ0v) is 9.79. The van der Waals surface area contributed by atoms with E-state index in [2.05, 4.69) is 15.7 Å². The van der Waals surface area contributed by atoms with Crippen LogP contribution in [0.1, 0.15) is 11.4 Å². The lowest BCUT2D eigenvalue weighted by Crippen LogP contribution is -2.48. The van der Waals surface area contributed by atoms with Crippen LogP contribution in [0.2, 0.25) is 0 Å². The summed E-state index contributed by atoms with van der Waals surface area (Å²) < 4.78 is 1.74. The average Bonchev–Trinajstić information content (AvgIpc) is 2.42. The van der Waals surface area contributed by atoms with Crippen LogP contribution in [0.3, 0.4) is 0 Å². The van der Waals surface area contributed by atoms with E-state index < -0.39 is 0 Å². The molecule has 1 aliphatic rings. The summed E-state index contributed by atoms with van der Waals surface area (Å²) in [5.74, 6) is 0.641. The Labute approximate surface area is 95.2 Å². The Morgan fingerprint density at radius 2 is 2.38 bits per heavy atom. The van der Waals surface area contributed by atoms with E-state index in [1.54, 1.807) is 4.68 Å². The second-order valence-corrected chi connectivity index (χ2v) is 4.41. The van der Waals surface area contributed by atoms with Crippen LogP contribution in [0.4, 0.5) is 0 Å². The van der Waals surface area contributed by atoms with Crippen molar-refractivity contribution in [2.75, 3.05) is 19.6 Å². The fraction of sp³-hybridized carbons (Fsp3) is 0.636. The van der Waals surface area contributed by atoms with Crippen LogP contribution in [0, 0.1) is 19.8 Å². The maximum Gasteiger partial charge on any atom is 0.241 e. The van der Waals surface area contributed by atoms with Crippen LogP contribution >= 0.6 is 0 Å². The molecular weight excluding hydrogens is 204 g/mol. The smallest absolute Gasteiger partial charge is 0.241 e. The third-order valence-electron chi connectivity index (χ3n) is 2.85. The molecule has 0 atom stereocenters. The molecule has 88 valence electrons. The van der Waals surface area contributed by atoms with Crippen molar-refractivity contribution < 1.29 is 4.79 Å². The van der Waals surface area contributed by atoms with Gasteiger partial charge in [-0.3, -0.25) is 9.48 Å². The molecule has 0 spiro atoms. The normalized spacial score (nSPS) is 15.9. The summed E-state index contributed by atoms with van der Waals surface area (Å²) in [5.41, 5.74) is 1.98. The van der Waals surface area contributed by atoms with Gasteiger partial charge in [-0.1, -0.05) is 0 Å². The second kappa shape index (κ2) is 4.65. The lowest BCUT2D eigenvalue weighted by molar-refractivity contribution is -0.122. The minimum Gasteiger partial charge on any atom is -0.354 e. The number of nitrogens with one attached hydrogen (secondary N) is 2. The first-order valence-corrected chi connectivity index (χ1v) is 5.63. The predicted molar refractivity (Wildman–Crippen MR) is 61.1 cm³/mol. The zero-order chi connectivity index (χ0) is 11.5. The molecule has 0 saturated carbocycles. The van der Waals surface area contributed by atoms with Crippen molar-refractivity contribution in [2.24, 2.45) is 5.92 Å². The highest BCUT2D eigenvalue weighted by atomic mass is 16.2. The van der Waals surface area contributed by atoms with Gasteiger partial charge in [0.05, 0.1) is 5.69 Å². The highest BCUT2D eigenvalue weighted by Crippen LogP contribution is 2.02. The fourth-order valence-corrected chi connectivity index (χ4v) is 1.78. The zero-order valence-electron chi connectivity index (χ0n) is 9.79. The molecule has 5 heteroatoms. The number of hydrogen-bond donors (Lipinski definition) is 2. The van der Waals surface area contributed by atoms with E-state index in [1.807, 2.05) is 19.9 Å². The van der Waals surface area contributed by atoms with Crippen molar-refractivity contribution in [3.05, 3.63) is 17.5 Å². The first-order chi connectivity index (χ1) is 7.65. The summed E-state index contributed by atoms with van der Waals surface area (Å²) in [6.07, 6.45) is 0. The van der Waals surface area contributed by atoms with Gasteiger partial charge in [-0.2, -0.15) is 5.10 Å². The van der Waals surface area contributed by atoms with Crippen molar-refractivity contribution in [1.82, 2.24) is 20.4 Å². The minimum absolute atomic E-state index is 0.0399. The fourth-order valence-electron chi connectivity index (χ4n) is 1.78. The Kier molecular flexibility index (Phi) is 3.24. The van der Waals surface area contributed by atoms with E-state index in [0.29, 0.717) is 12.5 Å². The number of carbonyl (C=O) groups is 1. The van der Waals surface area contributed by atoms with Crippen LogP contribution in [0.15, 0.2) is 6.07 Å². The lowest BCUT2D eigenvalue weighted by atomic mass is 10.0. The highest BCUT2D eigenvalue weighted by Gasteiger charge is 2.17. The maximum absolute atomic E-state index is 11.6. The van der Waals surface area contributed by atoms with Gasteiger partial charge in [-0.25, -0.2) is 0 Å². The molecular formula is C11H18N4O. The SMILES string of the molecule is Cc1cc(C)n(CC(=O)NCC2CNC2)n1. The first kappa shape index (κ1) is 11.1. The second-order valence-electron chi connectivity index (χ2n) is 4.41. The monoisotopic (exact) mass is 222 g/mol. The standard InChI is InChI=1S/C11H18N4O/c1-8-3-9(2)15(14-8)7-11(16)13-6-10-4-12-5-10/h3,10,12H,4-7H2,1-2H3,(H,13,16). The van der Waals surface area contributed by atoms with Crippen LogP contribution in [0.5, 0.6) is 0 Å². The van der Waals surface area contributed by atoms with Gasteiger partial charge in [0.25, 0.3) is 0 Å². The predicted octanol–water partition coefficient (Wildman–Crippen LogP) is -0.164. The van der Waals surface area contributed by atoms with Crippen molar-refractivity contribution in [2.45, 2.75) is 20.4 Å². The van der Waals surface area contributed by atoms with Crippen LogP contribution in [-0.2, 0) is 11.3 Å². The molecule has 5 nitrogen and oxygen atoms in total. The molecule has 16 heavy (non-hydrogen) atoms. The van der Waals surface area contributed by atoms with Gasteiger partial charge in [0, 0.05) is 31.2 Å². The summed E-state index contributed by atoms with van der Waals surface area (Å²) >= 11 is 0. The third-order valence-corrected chi connectivity index (χ3v) is 2.85. The molecule has 0 unspecified atom stereocenters. The molecule has 0 aliphatic carbocycles. The van der Waals surface area contributed by atoms with E-state index in [4.69, 9.17) is 0 Å². The van der Waals surface area contributed by atoms with Gasteiger partial charge in [0.15, 0.2) is 0 Å². The largest absolute Gasteiger partial charge is 0.354 e. The maximum atomic E-state index is 11.6. The first-order valence-electron chi connectivity index (χ1n) is 5.63. The van der Waals surface area contributed by atoms with Crippen LogP contribution in [0.25, 0.3) is 0 Å². The lowest BCUT2D eigenvalue weighted by Gasteiger charge is -2.27. The number of amides is 1. The minimum atomic E-state index is 0.0399. The number of aromatic nitrogens is 2. The van der Waals surface area contributed by atoms with E-state index in [1.165, 1.54) is 0 Å². The number of hydrogen-bond acceptors (Lipinski definition) is 3. The Morgan fingerprint density at radius 1 is 1.62 bits per heavy atom. The van der Waals surface area contributed by atoms with Crippen LogP contribution < -0.4 is 10.6 Å². The van der Waals surface area contributed by atoms with Crippen molar-refractivity contribution in [3.8, 4) is 0 Å². The molecule has 0 radical (unpaired) electrons. The van der Waals surface area contributed by atoms with Gasteiger partial charge in [-0.05, 0) is 19.9 Å². The topological polar surface area (TPSA) is 59.0 Å². The van der Waals surface area contributed by atoms with E-state index in [9.17, 15) is 4.79 Å². The molecule has 1 aliphatic heterocycles. The van der Waals surface area contributed by atoms with Gasteiger partial charge >= 0.3 is 0 Å². The summed E-state index contributed by atoms with van der Waals surface area (Å²) in [6, 6.07) is 1.98. The van der Waals surface area contributed by atoms with E-state index in [0.717, 1.165) is 31.0 Å². The average molecular weight is 222 g/mol. The highest BCUT2D eigenvalue weighted by molar-refractivity contribution is 5.75.